The van der Waals surface area contributed by atoms with Crippen LogP contribution in [0.5, 0.6) is 0 Å². The third-order valence-corrected chi connectivity index (χ3v) is 1.87. The van der Waals surface area contributed by atoms with Crippen LogP contribution in [0.25, 0.3) is 0 Å². The second-order valence-electron chi connectivity index (χ2n) is 3.18. The normalized spacial score (nSPS) is 16.8. The molecule has 6 nitrogen and oxygen atoms in total. The fourth-order valence-electron chi connectivity index (χ4n) is 1.19. The Morgan fingerprint density at radius 3 is 1.44 bits per heavy atom. The van der Waals surface area contributed by atoms with Gasteiger partial charge in [-0.05, 0) is 0 Å². The number of carboxylic acid groups (broad SMARTS) is 2. The monoisotopic (exact) mass is 266 g/mol. The molecule has 0 saturated heterocycles. The molecule has 0 rings (SSSR count). The average Bonchev–Trinajstić information content (AvgIpc) is 2.15. The van der Waals surface area contributed by atoms with Crippen molar-refractivity contribution in [3.63, 3.8) is 0 Å². The van der Waals surface area contributed by atoms with Gasteiger partial charge in [-0.1, -0.05) is 12.2 Å². The number of hydrogen-bond acceptors (Lipinski definition) is 4. The van der Waals surface area contributed by atoms with E-state index in [-0.39, 0.29) is 0 Å². The van der Waals surface area contributed by atoms with Crippen LogP contribution in [0, 0.1) is 0 Å². The lowest BCUT2D eigenvalue weighted by atomic mass is 10.0. The van der Waals surface area contributed by atoms with E-state index in [4.69, 9.17) is 10.2 Å². The zero-order chi connectivity index (χ0) is 14.4. The quantitative estimate of drug-likeness (QED) is 0.543. The molecule has 0 bridgehead atoms. The van der Waals surface area contributed by atoms with Crippen LogP contribution in [0.3, 0.4) is 0 Å². The predicted molar refractivity (Wildman–Crippen MR) is 55.5 cm³/mol. The first-order chi connectivity index (χ1) is 8.20. The van der Waals surface area contributed by atoms with Crippen molar-refractivity contribution < 1.29 is 38.1 Å². The third kappa shape index (κ3) is 3.72. The maximum Gasteiger partial charge on any atom is 0.508 e. The lowest BCUT2D eigenvalue weighted by molar-refractivity contribution is -0.288. The molecule has 0 saturated carbocycles. The van der Waals surface area contributed by atoms with Crippen molar-refractivity contribution in [3.8, 4) is 0 Å². The Morgan fingerprint density at radius 1 is 1.00 bits per heavy atom. The summed E-state index contributed by atoms with van der Waals surface area (Å²) in [6.45, 7) is 6.19. The number of alkyl halides is 2. The van der Waals surface area contributed by atoms with Crippen LogP contribution in [-0.2, 0) is 9.47 Å². The van der Waals surface area contributed by atoms with Crippen molar-refractivity contribution in [2.45, 2.75) is 24.6 Å². The highest BCUT2D eigenvalue weighted by molar-refractivity contribution is 5.59. The zero-order valence-electron chi connectivity index (χ0n) is 9.27. The highest BCUT2D eigenvalue weighted by Gasteiger charge is 2.59. The van der Waals surface area contributed by atoms with Gasteiger partial charge in [0.2, 0.25) is 0 Å². The van der Waals surface area contributed by atoms with Gasteiger partial charge < -0.3 is 19.7 Å². The fraction of sp³-hybridized carbons (Fsp3) is 0.400. The van der Waals surface area contributed by atoms with Gasteiger partial charge in [0.25, 0.3) is 0 Å². The van der Waals surface area contributed by atoms with E-state index in [9.17, 15) is 18.4 Å². The van der Waals surface area contributed by atoms with Crippen molar-refractivity contribution in [3.05, 3.63) is 25.3 Å². The summed E-state index contributed by atoms with van der Waals surface area (Å²) in [6, 6.07) is 0. The molecular weight excluding hydrogens is 254 g/mol. The minimum Gasteiger partial charge on any atom is -0.450 e. The van der Waals surface area contributed by atoms with Crippen molar-refractivity contribution >= 4 is 12.3 Å². The minimum atomic E-state index is -3.55. The van der Waals surface area contributed by atoms with Crippen molar-refractivity contribution in [2.24, 2.45) is 0 Å². The van der Waals surface area contributed by atoms with Gasteiger partial charge in [0.15, 0.2) is 0 Å². The van der Waals surface area contributed by atoms with Crippen molar-refractivity contribution in [2.75, 3.05) is 0 Å². The highest BCUT2D eigenvalue weighted by atomic mass is 19.2. The van der Waals surface area contributed by atoms with E-state index in [0.717, 1.165) is 12.2 Å². The minimum absolute atomic E-state index is 0.825. The van der Waals surface area contributed by atoms with Crippen LogP contribution in [0.15, 0.2) is 25.3 Å². The molecule has 0 aliphatic heterocycles. The average molecular weight is 266 g/mol. The van der Waals surface area contributed by atoms with E-state index in [2.05, 4.69) is 22.6 Å². The van der Waals surface area contributed by atoms with Crippen LogP contribution >= 0.6 is 0 Å². The SMILES string of the molecule is C=CCC(F)(OC(=O)O)C(F)(CC=C)OC(=O)O. The van der Waals surface area contributed by atoms with Gasteiger partial charge in [-0.2, -0.15) is 8.78 Å². The molecule has 18 heavy (non-hydrogen) atoms. The summed E-state index contributed by atoms with van der Waals surface area (Å²) >= 11 is 0. The van der Waals surface area contributed by atoms with E-state index in [1.165, 1.54) is 0 Å². The van der Waals surface area contributed by atoms with E-state index in [1.54, 1.807) is 0 Å². The van der Waals surface area contributed by atoms with Gasteiger partial charge in [-0.3, -0.25) is 0 Å². The number of ether oxygens (including phenoxy) is 2. The molecule has 0 aromatic carbocycles. The molecule has 0 aromatic rings. The van der Waals surface area contributed by atoms with Crippen LogP contribution in [0.1, 0.15) is 12.8 Å². The Bertz CT molecular complexity index is 324. The number of rotatable bonds is 7. The molecule has 2 unspecified atom stereocenters. The topological polar surface area (TPSA) is 93.1 Å². The highest BCUT2D eigenvalue weighted by Crippen LogP contribution is 2.39. The summed E-state index contributed by atoms with van der Waals surface area (Å²) in [4.78, 5) is 20.7. The summed E-state index contributed by atoms with van der Waals surface area (Å²) in [5.74, 6) is -7.10. The Morgan fingerprint density at radius 2 is 1.28 bits per heavy atom. The first-order valence-corrected chi connectivity index (χ1v) is 4.64. The Hall–Kier alpha value is -2.12. The molecule has 0 spiro atoms. The molecule has 0 heterocycles. The van der Waals surface area contributed by atoms with Crippen LogP contribution in [0.4, 0.5) is 18.4 Å². The van der Waals surface area contributed by atoms with Crippen molar-refractivity contribution in [1.29, 1.82) is 0 Å². The van der Waals surface area contributed by atoms with Gasteiger partial charge in [0, 0.05) is 12.8 Å². The number of hydrogen-bond donors (Lipinski definition) is 2. The van der Waals surface area contributed by atoms with Gasteiger partial charge in [-0.25, -0.2) is 9.59 Å². The predicted octanol–water partition coefficient (Wildman–Crippen LogP) is 2.86. The van der Waals surface area contributed by atoms with Gasteiger partial charge in [0.1, 0.15) is 0 Å². The largest absolute Gasteiger partial charge is 0.508 e. The molecule has 0 amide bonds. The Kier molecular flexibility index (Phi) is 5.28. The van der Waals surface area contributed by atoms with Gasteiger partial charge >= 0.3 is 24.0 Å². The third-order valence-electron chi connectivity index (χ3n) is 1.87. The van der Waals surface area contributed by atoms with E-state index in [0.29, 0.717) is 0 Å². The summed E-state index contributed by atoms with van der Waals surface area (Å²) in [5, 5.41) is 16.7. The zero-order valence-corrected chi connectivity index (χ0v) is 9.27. The van der Waals surface area contributed by atoms with Crippen LogP contribution < -0.4 is 0 Å². The molecule has 0 radical (unpaired) electrons. The molecule has 0 fully saturated rings. The molecule has 0 aromatic heterocycles. The summed E-state index contributed by atoms with van der Waals surface area (Å²) < 4.78 is 35.8. The molecule has 0 aliphatic carbocycles. The second-order valence-corrected chi connectivity index (χ2v) is 3.18. The molecular formula is C10H12F2O6. The lowest BCUT2D eigenvalue weighted by Crippen LogP contribution is -2.53. The van der Waals surface area contributed by atoms with E-state index in [1.807, 2.05) is 0 Å². The Balaban J connectivity index is 5.44. The first-order valence-electron chi connectivity index (χ1n) is 4.64. The first kappa shape index (κ1) is 15.9. The smallest absolute Gasteiger partial charge is 0.450 e. The lowest BCUT2D eigenvalue weighted by Gasteiger charge is -2.34. The number of carbonyl (C=O) groups is 2. The molecule has 102 valence electrons. The molecule has 2 atom stereocenters. The maximum absolute atomic E-state index is 14.2. The molecule has 2 N–H and O–H groups in total. The van der Waals surface area contributed by atoms with E-state index >= 15 is 0 Å². The summed E-state index contributed by atoms with van der Waals surface area (Å²) in [6.07, 6.45) is -4.47. The van der Waals surface area contributed by atoms with Crippen LogP contribution in [0.2, 0.25) is 0 Å². The molecule has 8 heteroatoms. The fourth-order valence-corrected chi connectivity index (χ4v) is 1.19. The standard InChI is InChI=1S/C10H12F2O6/c1-3-5-9(11,17-7(13)14)10(12,6-4-2)18-8(15)16/h3-4H,1-2,5-6H2,(H,13,14)(H,15,16). The maximum atomic E-state index is 14.2. The Labute approximate surface area is 101 Å². The summed E-state index contributed by atoms with van der Waals surface area (Å²) in [7, 11) is 0. The van der Waals surface area contributed by atoms with Gasteiger partial charge in [0.05, 0.1) is 0 Å². The van der Waals surface area contributed by atoms with Gasteiger partial charge in [-0.15, -0.1) is 13.2 Å². The molecule has 0 aliphatic rings. The van der Waals surface area contributed by atoms with Crippen LogP contribution in [-0.4, -0.2) is 34.2 Å². The van der Waals surface area contributed by atoms with E-state index < -0.39 is 36.9 Å². The number of halogens is 2. The second kappa shape index (κ2) is 5.99. The van der Waals surface area contributed by atoms with Crippen molar-refractivity contribution in [1.82, 2.24) is 0 Å². The summed E-state index contributed by atoms with van der Waals surface area (Å²) in [5.41, 5.74) is 0.